The van der Waals surface area contributed by atoms with E-state index in [-0.39, 0.29) is 0 Å². The van der Waals surface area contributed by atoms with Crippen molar-refractivity contribution in [3.8, 4) is 0 Å². The van der Waals surface area contributed by atoms with Crippen molar-refractivity contribution in [2.75, 3.05) is 31.1 Å². The van der Waals surface area contributed by atoms with Gasteiger partial charge in [0.1, 0.15) is 11.5 Å². The molecule has 0 bridgehead atoms. The van der Waals surface area contributed by atoms with Gasteiger partial charge in [0.25, 0.3) is 0 Å². The van der Waals surface area contributed by atoms with E-state index in [0.29, 0.717) is 5.92 Å². The Hall–Kier alpha value is -0.450. The number of rotatable bonds is 6. The standard InChI is InChI=1S/C14H24N2OS/c1-12(2)9-15-10-13-3-4-14(17-13)11-16-5-7-18-8-6-16/h3-4,12,15H,5-11H2,1-2H3. The molecule has 2 heterocycles. The van der Waals surface area contributed by atoms with Crippen molar-refractivity contribution in [2.24, 2.45) is 5.92 Å². The number of hydrogen-bond acceptors (Lipinski definition) is 4. The van der Waals surface area contributed by atoms with Gasteiger partial charge in [-0.05, 0) is 24.6 Å². The minimum atomic E-state index is 0.685. The first-order valence-corrected chi connectivity index (χ1v) is 7.98. The van der Waals surface area contributed by atoms with E-state index in [2.05, 4.69) is 36.2 Å². The van der Waals surface area contributed by atoms with Gasteiger partial charge in [0.2, 0.25) is 0 Å². The molecule has 102 valence electrons. The summed E-state index contributed by atoms with van der Waals surface area (Å²) in [6, 6.07) is 4.22. The molecular weight excluding hydrogens is 244 g/mol. The highest BCUT2D eigenvalue weighted by atomic mass is 32.2. The molecular formula is C14H24N2OS. The third-order valence-corrected chi connectivity index (χ3v) is 3.99. The van der Waals surface area contributed by atoms with Crippen LogP contribution in [0.2, 0.25) is 0 Å². The lowest BCUT2D eigenvalue weighted by Gasteiger charge is -2.24. The van der Waals surface area contributed by atoms with Crippen LogP contribution in [-0.2, 0) is 13.1 Å². The SMILES string of the molecule is CC(C)CNCc1ccc(CN2CCSCC2)o1. The summed E-state index contributed by atoms with van der Waals surface area (Å²) in [5.74, 6) is 5.35. The zero-order chi connectivity index (χ0) is 12.8. The Labute approximate surface area is 114 Å². The quantitative estimate of drug-likeness (QED) is 0.858. The largest absolute Gasteiger partial charge is 0.463 e. The Bertz CT molecular complexity index is 345. The summed E-state index contributed by atoms with van der Waals surface area (Å²) in [6.45, 7) is 9.65. The Kier molecular flexibility index (Phi) is 5.60. The van der Waals surface area contributed by atoms with Crippen molar-refractivity contribution in [3.63, 3.8) is 0 Å². The minimum absolute atomic E-state index is 0.685. The second kappa shape index (κ2) is 7.22. The first-order valence-electron chi connectivity index (χ1n) is 6.82. The molecule has 1 aromatic heterocycles. The van der Waals surface area contributed by atoms with Crippen LogP contribution in [0, 0.1) is 5.92 Å². The third-order valence-electron chi connectivity index (χ3n) is 3.05. The topological polar surface area (TPSA) is 28.4 Å². The number of nitrogens with zero attached hydrogens (tertiary/aromatic N) is 1. The molecule has 1 N–H and O–H groups in total. The van der Waals surface area contributed by atoms with E-state index in [1.165, 1.54) is 24.6 Å². The van der Waals surface area contributed by atoms with E-state index in [9.17, 15) is 0 Å². The van der Waals surface area contributed by atoms with Gasteiger partial charge in [-0.15, -0.1) is 0 Å². The van der Waals surface area contributed by atoms with Gasteiger partial charge >= 0.3 is 0 Å². The lowest BCUT2D eigenvalue weighted by molar-refractivity contribution is 0.263. The van der Waals surface area contributed by atoms with Crippen molar-refractivity contribution in [3.05, 3.63) is 23.7 Å². The maximum atomic E-state index is 5.86. The molecule has 4 heteroatoms. The highest BCUT2D eigenvalue weighted by Crippen LogP contribution is 2.15. The molecule has 0 radical (unpaired) electrons. The predicted octanol–water partition coefficient (Wildman–Crippen LogP) is 2.57. The summed E-state index contributed by atoms with van der Waals surface area (Å²) in [5.41, 5.74) is 0. The summed E-state index contributed by atoms with van der Waals surface area (Å²) in [7, 11) is 0. The molecule has 0 amide bonds. The number of furan rings is 1. The van der Waals surface area contributed by atoms with Crippen LogP contribution in [0.4, 0.5) is 0 Å². The maximum absolute atomic E-state index is 5.86. The molecule has 0 aliphatic carbocycles. The van der Waals surface area contributed by atoms with Gasteiger partial charge in [-0.2, -0.15) is 11.8 Å². The van der Waals surface area contributed by atoms with Gasteiger partial charge in [-0.3, -0.25) is 4.90 Å². The molecule has 1 saturated heterocycles. The molecule has 1 fully saturated rings. The molecule has 0 saturated carbocycles. The Morgan fingerprint density at radius 2 is 2.00 bits per heavy atom. The first-order chi connectivity index (χ1) is 8.74. The van der Waals surface area contributed by atoms with Crippen LogP contribution < -0.4 is 5.32 Å². The fraction of sp³-hybridized carbons (Fsp3) is 0.714. The Morgan fingerprint density at radius 3 is 2.72 bits per heavy atom. The van der Waals surface area contributed by atoms with E-state index in [1.54, 1.807) is 0 Å². The van der Waals surface area contributed by atoms with Crippen molar-refractivity contribution in [1.82, 2.24) is 10.2 Å². The van der Waals surface area contributed by atoms with E-state index in [0.717, 1.165) is 31.2 Å². The molecule has 2 rings (SSSR count). The van der Waals surface area contributed by atoms with Gasteiger partial charge in [0.15, 0.2) is 0 Å². The molecule has 0 unspecified atom stereocenters. The summed E-state index contributed by atoms with van der Waals surface area (Å²) in [5, 5.41) is 3.41. The molecule has 1 aliphatic rings. The smallest absolute Gasteiger partial charge is 0.118 e. The van der Waals surface area contributed by atoms with Crippen LogP contribution in [0.1, 0.15) is 25.4 Å². The monoisotopic (exact) mass is 268 g/mol. The normalized spacial score (nSPS) is 17.5. The number of thioether (sulfide) groups is 1. The summed E-state index contributed by atoms with van der Waals surface area (Å²) in [6.07, 6.45) is 0. The van der Waals surface area contributed by atoms with Crippen LogP contribution in [-0.4, -0.2) is 36.0 Å². The molecule has 0 atom stereocenters. The van der Waals surface area contributed by atoms with Crippen molar-refractivity contribution >= 4 is 11.8 Å². The van der Waals surface area contributed by atoms with Crippen LogP contribution in [0.5, 0.6) is 0 Å². The number of hydrogen-bond donors (Lipinski definition) is 1. The van der Waals surface area contributed by atoms with Gasteiger partial charge < -0.3 is 9.73 Å². The number of nitrogens with one attached hydrogen (secondary N) is 1. The van der Waals surface area contributed by atoms with Gasteiger partial charge in [-0.25, -0.2) is 0 Å². The second-order valence-electron chi connectivity index (χ2n) is 5.28. The van der Waals surface area contributed by atoms with Crippen LogP contribution >= 0.6 is 11.8 Å². The Morgan fingerprint density at radius 1 is 1.28 bits per heavy atom. The van der Waals surface area contributed by atoms with Crippen LogP contribution in [0.25, 0.3) is 0 Å². The highest BCUT2D eigenvalue weighted by molar-refractivity contribution is 7.99. The lowest BCUT2D eigenvalue weighted by atomic mass is 10.2. The van der Waals surface area contributed by atoms with E-state index in [1.807, 2.05) is 11.8 Å². The molecule has 3 nitrogen and oxygen atoms in total. The predicted molar refractivity (Wildman–Crippen MR) is 77.9 cm³/mol. The van der Waals surface area contributed by atoms with Crippen molar-refractivity contribution < 1.29 is 4.42 Å². The van der Waals surface area contributed by atoms with Crippen LogP contribution in [0.15, 0.2) is 16.5 Å². The average Bonchev–Trinajstić information content (AvgIpc) is 2.78. The average molecular weight is 268 g/mol. The zero-order valence-electron chi connectivity index (χ0n) is 11.4. The molecule has 1 aromatic rings. The second-order valence-corrected chi connectivity index (χ2v) is 6.51. The third kappa shape index (κ3) is 4.67. The van der Waals surface area contributed by atoms with Gasteiger partial charge in [-0.1, -0.05) is 13.8 Å². The van der Waals surface area contributed by atoms with E-state index in [4.69, 9.17) is 4.42 Å². The van der Waals surface area contributed by atoms with Crippen LogP contribution in [0.3, 0.4) is 0 Å². The lowest BCUT2D eigenvalue weighted by Crippen LogP contribution is -2.31. The highest BCUT2D eigenvalue weighted by Gasteiger charge is 2.12. The molecule has 0 aromatic carbocycles. The Balaban J connectivity index is 1.74. The minimum Gasteiger partial charge on any atom is -0.463 e. The van der Waals surface area contributed by atoms with Crippen molar-refractivity contribution in [1.29, 1.82) is 0 Å². The zero-order valence-corrected chi connectivity index (χ0v) is 12.3. The fourth-order valence-electron chi connectivity index (χ4n) is 2.07. The molecule has 1 aliphatic heterocycles. The van der Waals surface area contributed by atoms with Crippen molar-refractivity contribution in [2.45, 2.75) is 26.9 Å². The maximum Gasteiger partial charge on any atom is 0.118 e. The summed E-state index contributed by atoms with van der Waals surface area (Å²) < 4.78 is 5.86. The van der Waals surface area contributed by atoms with Gasteiger partial charge in [0, 0.05) is 24.6 Å². The van der Waals surface area contributed by atoms with E-state index < -0.39 is 0 Å². The summed E-state index contributed by atoms with van der Waals surface area (Å²) >= 11 is 2.05. The molecule has 18 heavy (non-hydrogen) atoms. The summed E-state index contributed by atoms with van der Waals surface area (Å²) in [4.78, 5) is 2.47. The molecule has 0 spiro atoms. The fourth-order valence-corrected chi connectivity index (χ4v) is 3.04. The van der Waals surface area contributed by atoms with Gasteiger partial charge in [0.05, 0.1) is 13.1 Å². The first kappa shape index (κ1) is 14.0. The van der Waals surface area contributed by atoms with E-state index >= 15 is 0 Å².